The first-order valence-electron chi connectivity index (χ1n) is 6.52. The van der Waals surface area contributed by atoms with Crippen molar-refractivity contribution in [1.29, 1.82) is 0 Å². The molecule has 0 amide bonds. The van der Waals surface area contributed by atoms with Crippen LogP contribution in [0.2, 0.25) is 0 Å². The van der Waals surface area contributed by atoms with Crippen molar-refractivity contribution < 1.29 is 14.7 Å². The molecule has 0 bridgehead atoms. The summed E-state index contributed by atoms with van der Waals surface area (Å²) in [4.78, 5) is 32.3. The van der Waals surface area contributed by atoms with Gasteiger partial charge in [-0.15, -0.1) is 0 Å². The molecular weight excluding hydrogens is 271 g/mol. The molecule has 0 unspecified atom stereocenters. The van der Waals surface area contributed by atoms with Crippen LogP contribution in [0.5, 0.6) is 0 Å². The quantitative estimate of drug-likeness (QED) is 0.743. The maximum atomic E-state index is 10.8. The molecular formula is C16H21O3P. The molecule has 0 heterocycles. The van der Waals surface area contributed by atoms with Gasteiger partial charge in [0, 0.05) is 0 Å². The maximum absolute atomic E-state index is 10.8. The van der Waals surface area contributed by atoms with Crippen molar-refractivity contribution in [2.24, 2.45) is 0 Å². The summed E-state index contributed by atoms with van der Waals surface area (Å²) in [5, 5.41) is 0.425. The molecule has 0 saturated carbocycles. The third kappa shape index (κ3) is 2.50. The summed E-state index contributed by atoms with van der Waals surface area (Å²) in [7, 11) is -5.10. The third-order valence-electron chi connectivity index (χ3n) is 3.62. The molecule has 2 aromatic rings. The van der Waals surface area contributed by atoms with Crippen LogP contribution in [0.15, 0.2) is 36.4 Å². The van der Waals surface area contributed by atoms with E-state index in [2.05, 4.69) is 0 Å². The average Bonchev–Trinajstić information content (AvgIpc) is 2.34. The average molecular weight is 292 g/mol. The molecule has 2 aromatic carbocycles. The van der Waals surface area contributed by atoms with Crippen LogP contribution in [-0.4, -0.2) is 14.7 Å². The van der Waals surface area contributed by atoms with Crippen molar-refractivity contribution >= 4 is 17.9 Å². The predicted octanol–water partition coefficient (Wildman–Crippen LogP) is 2.15. The van der Waals surface area contributed by atoms with Gasteiger partial charge >= 0.3 is 119 Å². The second kappa shape index (κ2) is 4.64. The van der Waals surface area contributed by atoms with Crippen LogP contribution >= 0.6 is 7.28 Å². The summed E-state index contributed by atoms with van der Waals surface area (Å²) in [5.41, 5.74) is 3.09. The zero-order chi connectivity index (χ0) is 15.2. The molecule has 0 aliphatic rings. The Bertz CT molecular complexity index is 614. The zero-order valence-electron chi connectivity index (χ0n) is 12.3. The van der Waals surface area contributed by atoms with Gasteiger partial charge in [-0.25, -0.2) is 0 Å². The van der Waals surface area contributed by atoms with Crippen molar-refractivity contribution in [2.75, 3.05) is 0 Å². The standard InChI is InChI=1S/C16H21O3P/c1-11-5-7-13(3)15(9-11)20(17,18,19)16-10-12(2)6-8-14(16)4/h5-10,17-19H,1-4H3. The predicted molar refractivity (Wildman–Crippen MR) is 84.7 cm³/mol. The summed E-state index contributed by atoms with van der Waals surface area (Å²) in [6, 6.07) is 10.6. The zero-order valence-corrected chi connectivity index (χ0v) is 13.1. The van der Waals surface area contributed by atoms with E-state index in [1.54, 1.807) is 38.1 Å². The fourth-order valence-electron chi connectivity index (χ4n) is 2.46. The van der Waals surface area contributed by atoms with E-state index in [0.717, 1.165) is 11.1 Å². The van der Waals surface area contributed by atoms with Gasteiger partial charge in [0.05, 0.1) is 0 Å². The molecule has 0 spiro atoms. The summed E-state index contributed by atoms with van der Waals surface area (Å²) < 4.78 is 0. The first-order chi connectivity index (χ1) is 9.10. The van der Waals surface area contributed by atoms with Crippen LogP contribution in [0.1, 0.15) is 22.3 Å². The van der Waals surface area contributed by atoms with Crippen molar-refractivity contribution in [3.05, 3.63) is 58.7 Å². The van der Waals surface area contributed by atoms with Crippen LogP contribution < -0.4 is 10.6 Å². The summed E-state index contributed by atoms with van der Waals surface area (Å²) in [5.74, 6) is 0. The van der Waals surface area contributed by atoms with Gasteiger partial charge in [-0.1, -0.05) is 0 Å². The van der Waals surface area contributed by atoms with E-state index >= 15 is 0 Å². The van der Waals surface area contributed by atoms with E-state index in [1.165, 1.54) is 0 Å². The van der Waals surface area contributed by atoms with Gasteiger partial charge in [0.25, 0.3) is 0 Å². The Morgan fingerprint density at radius 1 is 0.650 bits per heavy atom. The van der Waals surface area contributed by atoms with Gasteiger partial charge < -0.3 is 0 Å². The summed E-state index contributed by atoms with van der Waals surface area (Å²) in [6.45, 7) is 7.25. The fraction of sp³-hybridized carbons (Fsp3) is 0.250. The summed E-state index contributed by atoms with van der Waals surface area (Å²) >= 11 is 0. The second-order valence-electron chi connectivity index (χ2n) is 5.56. The van der Waals surface area contributed by atoms with Crippen molar-refractivity contribution in [2.45, 2.75) is 27.7 Å². The monoisotopic (exact) mass is 292 g/mol. The molecule has 20 heavy (non-hydrogen) atoms. The molecule has 3 N–H and O–H groups in total. The topological polar surface area (TPSA) is 60.7 Å². The molecule has 0 saturated heterocycles. The Labute approximate surface area is 119 Å². The number of rotatable bonds is 2. The van der Waals surface area contributed by atoms with Gasteiger partial charge in [0.15, 0.2) is 0 Å². The van der Waals surface area contributed by atoms with Gasteiger partial charge in [-0.3, -0.25) is 0 Å². The van der Waals surface area contributed by atoms with E-state index in [9.17, 15) is 14.7 Å². The van der Waals surface area contributed by atoms with Crippen molar-refractivity contribution in [1.82, 2.24) is 0 Å². The fourth-order valence-corrected chi connectivity index (χ4v) is 5.05. The molecule has 3 nitrogen and oxygen atoms in total. The Morgan fingerprint density at radius 3 is 1.35 bits per heavy atom. The third-order valence-corrected chi connectivity index (χ3v) is 6.35. The normalized spacial score (nSPS) is 13.8. The Balaban J connectivity index is 2.78. The minimum atomic E-state index is -5.10. The first-order valence-corrected chi connectivity index (χ1v) is 8.62. The van der Waals surface area contributed by atoms with E-state index in [-0.39, 0.29) is 10.6 Å². The number of benzene rings is 2. The molecule has 0 aromatic heterocycles. The first kappa shape index (κ1) is 15.1. The molecule has 4 heteroatoms. The van der Waals surface area contributed by atoms with Crippen LogP contribution in [0.4, 0.5) is 0 Å². The Morgan fingerprint density at radius 2 is 1.00 bits per heavy atom. The number of hydrogen-bond donors (Lipinski definition) is 3. The summed E-state index contributed by atoms with van der Waals surface area (Å²) in [6.07, 6.45) is 0. The van der Waals surface area contributed by atoms with Crippen LogP contribution in [0, 0.1) is 27.7 Å². The number of aryl methyl sites for hydroxylation is 4. The molecule has 0 fully saturated rings. The van der Waals surface area contributed by atoms with Crippen LogP contribution in [-0.2, 0) is 0 Å². The van der Waals surface area contributed by atoms with E-state index in [0.29, 0.717) is 11.1 Å². The van der Waals surface area contributed by atoms with Crippen LogP contribution in [0.3, 0.4) is 0 Å². The van der Waals surface area contributed by atoms with Gasteiger partial charge in [-0.2, -0.15) is 0 Å². The van der Waals surface area contributed by atoms with Crippen LogP contribution in [0.25, 0.3) is 0 Å². The molecule has 0 radical (unpaired) electrons. The van der Waals surface area contributed by atoms with E-state index in [1.807, 2.05) is 26.0 Å². The van der Waals surface area contributed by atoms with Gasteiger partial charge in [0.1, 0.15) is 0 Å². The van der Waals surface area contributed by atoms with E-state index in [4.69, 9.17) is 0 Å². The Kier molecular flexibility index (Phi) is 3.52. The molecule has 0 aliphatic heterocycles. The van der Waals surface area contributed by atoms with Crippen molar-refractivity contribution in [3.63, 3.8) is 0 Å². The SMILES string of the molecule is Cc1ccc(C)c(P(O)(O)(O)c2cc(C)ccc2C)c1. The molecule has 2 rings (SSSR count). The molecule has 0 aliphatic carbocycles. The molecule has 0 atom stereocenters. The minimum absolute atomic E-state index is 0.213. The van der Waals surface area contributed by atoms with Gasteiger partial charge in [0.2, 0.25) is 0 Å². The Hall–Kier alpha value is -1.25. The molecule has 108 valence electrons. The van der Waals surface area contributed by atoms with Gasteiger partial charge in [-0.05, 0) is 0 Å². The number of hydrogen-bond acceptors (Lipinski definition) is 3. The van der Waals surface area contributed by atoms with E-state index < -0.39 is 7.28 Å². The second-order valence-corrected chi connectivity index (χ2v) is 8.48. The van der Waals surface area contributed by atoms with Crippen molar-refractivity contribution in [3.8, 4) is 0 Å².